The number of nitrogens with zero attached hydrogens (tertiary/aromatic N) is 1. The van der Waals surface area contributed by atoms with E-state index in [-0.39, 0.29) is 12.2 Å². The lowest BCUT2D eigenvalue weighted by atomic mass is 10.2. The van der Waals surface area contributed by atoms with Crippen LogP contribution in [0.15, 0.2) is 22.4 Å². The molecule has 1 aromatic heterocycles. The van der Waals surface area contributed by atoms with Crippen molar-refractivity contribution in [2.24, 2.45) is 0 Å². The molecular weight excluding hydrogens is 367 g/mol. The second-order valence-electron chi connectivity index (χ2n) is 4.14. The lowest BCUT2D eigenvalue weighted by Crippen LogP contribution is -2.36. The van der Waals surface area contributed by atoms with Gasteiger partial charge in [0.1, 0.15) is 6.10 Å². The summed E-state index contributed by atoms with van der Waals surface area (Å²) in [5.41, 5.74) is -0.930. The first-order valence-electron chi connectivity index (χ1n) is 5.56. The predicted molar refractivity (Wildman–Crippen MR) is 76.2 cm³/mol. The van der Waals surface area contributed by atoms with Gasteiger partial charge in [-0.15, -0.1) is 0 Å². The largest absolute Gasteiger partial charge is 0.394 e. The molecule has 2 unspecified atom stereocenters. The van der Waals surface area contributed by atoms with Crippen LogP contribution in [0.2, 0.25) is 0 Å². The van der Waals surface area contributed by atoms with Crippen molar-refractivity contribution in [2.75, 3.05) is 6.61 Å². The SMILES string of the molecule is C=Cc1cn([C@H]2O[C@@H](CO)C(O)C2I)c(=O)[nH]c1=O. The first-order chi connectivity index (χ1) is 8.99. The summed E-state index contributed by atoms with van der Waals surface area (Å²) >= 11 is 1.95. The number of hydrogen-bond donors (Lipinski definition) is 3. The van der Waals surface area contributed by atoms with Crippen LogP contribution in [0.5, 0.6) is 0 Å². The summed E-state index contributed by atoms with van der Waals surface area (Å²) in [7, 11) is 0. The van der Waals surface area contributed by atoms with Crippen molar-refractivity contribution < 1.29 is 14.9 Å². The van der Waals surface area contributed by atoms with Gasteiger partial charge in [0.25, 0.3) is 5.56 Å². The minimum absolute atomic E-state index is 0.230. The van der Waals surface area contributed by atoms with Crippen molar-refractivity contribution in [3.05, 3.63) is 39.2 Å². The summed E-state index contributed by atoms with van der Waals surface area (Å²) in [6.07, 6.45) is 0.262. The van der Waals surface area contributed by atoms with E-state index in [0.717, 1.165) is 0 Å². The fourth-order valence-electron chi connectivity index (χ4n) is 1.91. The minimum atomic E-state index is -0.887. The van der Waals surface area contributed by atoms with Gasteiger partial charge in [-0.3, -0.25) is 14.3 Å². The third kappa shape index (κ3) is 2.53. The molecule has 0 amide bonds. The van der Waals surface area contributed by atoms with Crippen molar-refractivity contribution >= 4 is 28.7 Å². The summed E-state index contributed by atoms with van der Waals surface area (Å²) in [5, 5.41) is 18.9. The van der Waals surface area contributed by atoms with Crippen LogP contribution in [-0.4, -0.2) is 42.5 Å². The van der Waals surface area contributed by atoms with E-state index in [9.17, 15) is 14.7 Å². The molecule has 1 aliphatic heterocycles. The first-order valence-corrected chi connectivity index (χ1v) is 6.80. The van der Waals surface area contributed by atoms with Gasteiger partial charge < -0.3 is 14.9 Å². The molecule has 7 nitrogen and oxygen atoms in total. The third-order valence-corrected chi connectivity index (χ3v) is 4.32. The second kappa shape index (κ2) is 5.57. The van der Waals surface area contributed by atoms with Gasteiger partial charge in [-0.25, -0.2) is 4.79 Å². The Labute approximate surface area is 121 Å². The number of ether oxygens (including phenoxy) is 1. The number of nitrogens with one attached hydrogen (secondary N) is 1. The Kier molecular flexibility index (Phi) is 4.23. The van der Waals surface area contributed by atoms with Gasteiger partial charge in [-0.1, -0.05) is 35.2 Å². The maximum atomic E-state index is 11.8. The Morgan fingerprint density at radius 3 is 2.79 bits per heavy atom. The van der Waals surface area contributed by atoms with Gasteiger partial charge in [0.05, 0.1) is 22.2 Å². The zero-order chi connectivity index (χ0) is 14.2. The fourth-order valence-corrected chi connectivity index (χ4v) is 2.89. The van der Waals surface area contributed by atoms with Crippen LogP contribution in [0.25, 0.3) is 6.08 Å². The molecule has 19 heavy (non-hydrogen) atoms. The number of halogens is 1. The number of alkyl halides is 1. The van der Waals surface area contributed by atoms with Crippen molar-refractivity contribution in [3.8, 4) is 0 Å². The zero-order valence-corrected chi connectivity index (χ0v) is 12.0. The molecule has 0 aromatic carbocycles. The Hall–Kier alpha value is -0.970. The molecule has 104 valence electrons. The highest BCUT2D eigenvalue weighted by atomic mass is 127. The molecule has 0 aliphatic carbocycles. The molecule has 3 N–H and O–H groups in total. The van der Waals surface area contributed by atoms with Crippen molar-refractivity contribution in [1.82, 2.24) is 9.55 Å². The molecule has 0 saturated carbocycles. The number of H-pyrrole nitrogens is 1. The lowest BCUT2D eigenvalue weighted by molar-refractivity contribution is -0.0456. The molecule has 1 aromatic rings. The van der Waals surface area contributed by atoms with E-state index in [0.29, 0.717) is 0 Å². The standard InChI is InChI=1S/C11H13IN2O5/c1-2-5-3-14(11(18)13-9(5)17)10-7(12)8(16)6(4-15)19-10/h2-3,6-8,10,15-16H,1,4H2,(H,13,17,18)/t6-,7?,8?,10-/m0/s1. The maximum absolute atomic E-state index is 11.8. The van der Waals surface area contributed by atoms with Gasteiger partial charge in [-0.05, 0) is 0 Å². The van der Waals surface area contributed by atoms with Gasteiger partial charge in [0.2, 0.25) is 0 Å². The Morgan fingerprint density at radius 1 is 1.58 bits per heavy atom. The highest BCUT2D eigenvalue weighted by molar-refractivity contribution is 14.1. The molecule has 1 aliphatic rings. The van der Waals surface area contributed by atoms with Gasteiger partial charge >= 0.3 is 5.69 Å². The quantitative estimate of drug-likeness (QED) is 0.472. The van der Waals surface area contributed by atoms with Crippen molar-refractivity contribution in [1.29, 1.82) is 0 Å². The average molecular weight is 380 g/mol. The minimum Gasteiger partial charge on any atom is -0.394 e. The highest BCUT2D eigenvalue weighted by Crippen LogP contribution is 2.33. The fraction of sp³-hybridized carbons (Fsp3) is 0.455. The Balaban J connectivity index is 2.46. The lowest BCUT2D eigenvalue weighted by Gasteiger charge is -2.17. The Morgan fingerprint density at radius 2 is 2.26 bits per heavy atom. The first kappa shape index (κ1) is 14.4. The molecule has 4 atom stereocenters. The summed E-state index contributed by atoms with van der Waals surface area (Å²) in [6.45, 7) is 3.14. The molecule has 2 heterocycles. The maximum Gasteiger partial charge on any atom is 0.330 e. The molecular formula is C11H13IN2O5. The molecule has 2 rings (SSSR count). The molecule has 0 radical (unpaired) electrons. The van der Waals surface area contributed by atoms with E-state index in [1.807, 2.05) is 22.6 Å². The van der Waals surface area contributed by atoms with Crippen LogP contribution in [-0.2, 0) is 4.74 Å². The normalized spacial score (nSPS) is 30.5. The number of aromatic nitrogens is 2. The van der Waals surface area contributed by atoms with Crippen LogP contribution < -0.4 is 11.2 Å². The Bertz CT molecular complexity index is 595. The molecule has 1 fully saturated rings. The van der Waals surface area contributed by atoms with E-state index in [1.165, 1.54) is 16.8 Å². The number of aliphatic hydroxyl groups excluding tert-OH is 2. The number of aromatic amines is 1. The van der Waals surface area contributed by atoms with Gasteiger partial charge in [0.15, 0.2) is 6.23 Å². The summed E-state index contributed by atoms with van der Waals surface area (Å²) in [5.74, 6) is 0. The van der Waals surface area contributed by atoms with E-state index in [4.69, 9.17) is 9.84 Å². The van der Waals surface area contributed by atoms with Crippen molar-refractivity contribution in [2.45, 2.75) is 22.4 Å². The van der Waals surface area contributed by atoms with Crippen LogP contribution in [0.3, 0.4) is 0 Å². The van der Waals surface area contributed by atoms with E-state index >= 15 is 0 Å². The van der Waals surface area contributed by atoms with E-state index < -0.39 is 33.6 Å². The molecule has 8 heteroatoms. The summed E-state index contributed by atoms with van der Waals surface area (Å²) in [6, 6.07) is 0. The number of rotatable bonds is 3. The smallest absolute Gasteiger partial charge is 0.330 e. The summed E-state index contributed by atoms with van der Waals surface area (Å²) < 4.78 is 6.21. The monoisotopic (exact) mass is 380 g/mol. The molecule has 0 spiro atoms. The highest BCUT2D eigenvalue weighted by Gasteiger charge is 2.43. The van der Waals surface area contributed by atoms with E-state index in [1.54, 1.807) is 0 Å². The number of hydrogen-bond acceptors (Lipinski definition) is 5. The summed E-state index contributed by atoms with van der Waals surface area (Å²) in [4.78, 5) is 25.4. The van der Waals surface area contributed by atoms with Crippen LogP contribution in [0.4, 0.5) is 0 Å². The number of aliphatic hydroxyl groups is 2. The van der Waals surface area contributed by atoms with Crippen LogP contribution >= 0.6 is 22.6 Å². The van der Waals surface area contributed by atoms with E-state index in [2.05, 4.69) is 11.6 Å². The predicted octanol–water partition coefficient (Wildman–Crippen LogP) is -0.766. The topological polar surface area (TPSA) is 105 Å². The van der Waals surface area contributed by atoms with Crippen LogP contribution in [0, 0.1) is 0 Å². The van der Waals surface area contributed by atoms with Crippen LogP contribution in [0.1, 0.15) is 11.8 Å². The zero-order valence-electron chi connectivity index (χ0n) is 9.82. The average Bonchev–Trinajstić information content (AvgIpc) is 2.67. The second-order valence-corrected chi connectivity index (χ2v) is 5.58. The molecule has 0 bridgehead atoms. The van der Waals surface area contributed by atoms with Gasteiger partial charge in [0, 0.05) is 6.20 Å². The van der Waals surface area contributed by atoms with Crippen molar-refractivity contribution in [3.63, 3.8) is 0 Å². The van der Waals surface area contributed by atoms with Gasteiger partial charge in [-0.2, -0.15) is 0 Å². The third-order valence-electron chi connectivity index (χ3n) is 2.96. The molecule has 1 saturated heterocycles.